The smallest absolute Gasteiger partial charge is 0.253 e. The van der Waals surface area contributed by atoms with Gasteiger partial charge in [-0.2, -0.15) is 0 Å². The SMILES string of the molecule is CC1CN(C(=O)c2ccccc2)CC1C. The van der Waals surface area contributed by atoms with Crippen LogP contribution >= 0.6 is 0 Å². The summed E-state index contributed by atoms with van der Waals surface area (Å²) in [5, 5.41) is 0. The van der Waals surface area contributed by atoms with Gasteiger partial charge in [-0.15, -0.1) is 0 Å². The zero-order valence-corrected chi connectivity index (χ0v) is 9.31. The van der Waals surface area contributed by atoms with Crippen molar-refractivity contribution in [1.82, 2.24) is 4.90 Å². The van der Waals surface area contributed by atoms with Crippen molar-refractivity contribution in [3.8, 4) is 0 Å². The van der Waals surface area contributed by atoms with Gasteiger partial charge in [0.05, 0.1) is 0 Å². The van der Waals surface area contributed by atoms with Crippen LogP contribution in [0.15, 0.2) is 30.3 Å². The summed E-state index contributed by atoms with van der Waals surface area (Å²) in [5.74, 6) is 1.42. The van der Waals surface area contributed by atoms with E-state index in [4.69, 9.17) is 0 Å². The number of hydrogen-bond donors (Lipinski definition) is 0. The van der Waals surface area contributed by atoms with E-state index in [1.165, 1.54) is 0 Å². The lowest BCUT2D eigenvalue weighted by atomic mass is 10.0. The minimum Gasteiger partial charge on any atom is -0.338 e. The van der Waals surface area contributed by atoms with Crippen LogP contribution in [0, 0.1) is 11.8 Å². The minimum atomic E-state index is 0.173. The Morgan fingerprint density at radius 3 is 2.20 bits per heavy atom. The highest BCUT2D eigenvalue weighted by molar-refractivity contribution is 5.94. The Balaban J connectivity index is 2.10. The third-order valence-corrected chi connectivity index (χ3v) is 3.30. The molecule has 0 aromatic heterocycles. The molecule has 1 amide bonds. The fraction of sp³-hybridized carbons (Fsp3) is 0.462. The maximum atomic E-state index is 12.1. The van der Waals surface area contributed by atoms with Crippen molar-refractivity contribution in [3.63, 3.8) is 0 Å². The van der Waals surface area contributed by atoms with Gasteiger partial charge in [0.1, 0.15) is 0 Å². The minimum absolute atomic E-state index is 0.173. The van der Waals surface area contributed by atoms with Gasteiger partial charge in [-0.3, -0.25) is 4.79 Å². The molecule has 0 saturated carbocycles. The van der Waals surface area contributed by atoms with Crippen molar-refractivity contribution >= 4 is 5.91 Å². The number of nitrogens with zero attached hydrogens (tertiary/aromatic N) is 1. The molecule has 0 spiro atoms. The predicted octanol–water partition coefficient (Wildman–Crippen LogP) is 2.41. The molecule has 1 fully saturated rings. The molecule has 0 N–H and O–H groups in total. The fourth-order valence-corrected chi connectivity index (χ4v) is 2.06. The molecule has 2 nitrogen and oxygen atoms in total. The first kappa shape index (κ1) is 10.2. The molecule has 1 saturated heterocycles. The number of rotatable bonds is 1. The molecule has 1 aliphatic rings. The van der Waals surface area contributed by atoms with E-state index in [0.29, 0.717) is 11.8 Å². The van der Waals surface area contributed by atoms with Crippen molar-refractivity contribution < 1.29 is 4.79 Å². The van der Waals surface area contributed by atoms with E-state index >= 15 is 0 Å². The van der Waals surface area contributed by atoms with Crippen molar-refractivity contribution in [2.75, 3.05) is 13.1 Å². The van der Waals surface area contributed by atoms with Crippen molar-refractivity contribution in [2.45, 2.75) is 13.8 Å². The molecule has 15 heavy (non-hydrogen) atoms. The van der Waals surface area contributed by atoms with Crippen molar-refractivity contribution in [1.29, 1.82) is 0 Å². The lowest BCUT2D eigenvalue weighted by Crippen LogP contribution is -2.28. The molecule has 0 radical (unpaired) electrons. The van der Waals surface area contributed by atoms with Crippen LogP contribution in [0.4, 0.5) is 0 Å². The van der Waals surface area contributed by atoms with Gasteiger partial charge >= 0.3 is 0 Å². The highest BCUT2D eigenvalue weighted by Crippen LogP contribution is 2.23. The Labute approximate surface area is 90.9 Å². The van der Waals surface area contributed by atoms with Gasteiger partial charge in [0, 0.05) is 18.7 Å². The van der Waals surface area contributed by atoms with Gasteiger partial charge in [0.25, 0.3) is 5.91 Å². The molecule has 0 bridgehead atoms. The monoisotopic (exact) mass is 203 g/mol. The normalized spacial score (nSPS) is 25.6. The van der Waals surface area contributed by atoms with Crippen LogP contribution in [0.5, 0.6) is 0 Å². The molecule has 0 aliphatic carbocycles. The van der Waals surface area contributed by atoms with Gasteiger partial charge in [-0.1, -0.05) is 32.0 Å². The summed E-state index contributed by atoms with van der Waals surface area (Å²) in [5.41, 5.74) is 0.804. The van der Waals surface area contributed by atoms with Crippen LogP contribution in [-0.4, -0.2) is 23.9 Å². The van der Waals surface area contributed by atoms with E-state index < -0.39 is 0 Å². The first-order chi connectivity index (χ1) is 7.18. The van der Waals surface area contributed by atoms with E-state index in [0.717, 1.165) is 18.7 Å². The molecule has 2 rings (SSSR count). The molecule has 2 unspecified atom stereocenters. The summed E-state index contributed by atoms with van der Waals surface area (Å²) in [6.07, 6.45) is 0. The van der Waals surface area contributed by atoms with E-state index in [1.807, 2.05) is 35.2 Å². The Hall–Kier alpha value is -1.31. The van der Waals surface area contributed by atoms with E-state index in [-0.39, 0.29) is 5.91 Å². The summed E-state index contributed by atoms with van der Waals surface area (Å²) in [4.78, 5) is 14.0. The largest absolute Gasteiger partial charge is 0.338 e. The summed E-state index contributed by atoms with van der Waals surface area (Å²) in [6, 6.07) is 9.53. The molecule has 1 aromatic carbocycles. The van der Waals surface area contributed by atoms with Crippen LogP contribution in [0.3, 0.4) is 0 Å². The second-order valence-electron chi connectivity index (χ2n) is 4.53. The van der Waals surface area contributed by atoms with Crippen LogP contribution in [0.25, 0.3) is 0 Å². The lowest BCUT2D eigenvalue weighted by Gasteiger charge is -2.15. The van der Waals surface area contributed by atoms with Crippen LogP contribution < -0.4 is 0 Å². The van der Waals surface area contributed by atoms with E-state index in [2.05, 4.69) is 13.8 Å². The summed E-state index contributed by atoms with van der Waals surface area (Å²) in [7, 11) is 0. The Kier molecular flexibility index (Phi) is 2.76. The van der Waals surface area contributed by atoms with Gasteiger partial charge in [0.2, 0.25) is 0 Å². The second kappa shape index (κ2) is 4.05. The highest BCUT2D eigenvalue weighted by atomic mass is 16.2. The number of carbonyl (C=O) groups excluding carboxylic acids is 1. The van der Waals surface area contributed by atoms with Crippen molar-refractivity contribution in [3.05, 3.63) is 35.9 Å². The topological polar surface area (TPSA) is 20.3 Å². The number of likely N-dealkylation sites (tertiary alicyclic amines) is 1. The zero-order valence-electron chi connectivity index (χ0n) is 9.31. The number of carbonyl (C=O) groups is 1. The number of hydrogen-bond acceptors (Lipinski definition) is 1. The predicted molar refractivity (Wildman–Crippen MR) is 60.7 cm³/mol. The average molecular weight is 203 g/mol. The van der Waals surface area contributed by atoms with Gasteiger partial charge < -0.3 is 4.90 Å². The standard InChI is InChI=1S/C13H17NO/c1-10-8-14(9-11(10)2)13(15)12-6-4-3-5-7-12/h3-7,10-11H,8-9H2,1-2H3. The quantitative estimate of drug-likeness (QED) is 0.686. The molecule has 2 heteroatoms. The van der Waals surface area contributed by atoms with Gasteiger partial charge in [-0.05, 0) is 24.0 Å². The molecular formula is C13H17NO. The molecule has 1 aliphatic heterocycles. The van der Waals surface area contributed by atoms with Crippen LogP contribution in [0.1, 0.15) is 24.2 Å². The third kappa shape index (κ3) is 2.04. The fourth-order valence-electron chi connectivity index (χ4n) is 2.06. The number of benzene rings is 1. The maximum Gasteiger partial charge on any atom is 0.253 e. The first-order valence-electron chi connectivity index (χ1n) is 5.53. The highest BCUT2D eigenvalue weighted by Gasteiger charge is 2.29. The first-order valence-corrected chi connectivity index (χ1v) is 5.53. The van der Waals surface area contributed by atoms with Crippen molar-refractivity contribution in [2.24, 2.45) is 11.8 Å². The Bertz CT molecular complexity index is 337. The molecule has 2 atom stereocenters. The summed E-state index contributed by atoms with van der Waals surface area (Å²) < 4.78 is 0. The molecular weight excluding hydrogens is 186 g/mol. The second-order valence-corrected chi connectivity index (χ2v) is 4.53. The molecule has 1 heterocycles. The number of amides is 1. The van der Waals surface area contributed by atoms with Crippen LogP contribution in [0.2, 0.25) is 0 Å². The van der Waals surface area contributed by atoms with E-state index in [1.54, 1.807) is 0 Å². The zero-order chi connectivity index (χ0) is 10.8. The third-order valence-electron chi connectivity index (χ3n) is 3.30. The van der Waals surface area contributed by atoms with E-state index in [9.17, 15) is 4.79 Å². The maximum absolute atomic E-state index is 12.1. The Morgan fingerprint density at radius 2 is 1.67 bits per heavy atom. The summed E-state index contributed by atoms with van der Waals surface area (Å²) >= 11 is 0. The molecule has 80 valence electrons. The lowest BCUT2D eigenvalue weighted by molar-refractivity contribution is 0.0785. The average Bonchev–Trinajstić information content (AvgIpc) is 2.59. The van der Waals surface area contributed by atoms with Gasteiger partial charge in [-0.25, -0.2) is 0 Å². The molecule has 1 aromatic rings. The van der Waals surface area contributed by atoms with Gasteiger partial charge in [0.15, 0.2) is 0 Å². The Morgan fingerprint density at radius 1 is 1.13 bits per heavy atom. The summed E-state index contributed by atoms with van der Waals surface area (Å²) in [6.45, 7) is 6.22. The van der Waals surface area contributed by atoms with Crippen LogP contribution in [-0.2, 0) is 0 Å².